The smallest absolute Gasteiger partial charge is 0.334 e. The van der Waals surface area contributed by atoms with Crippen LogP contribution in [0.2, 0.25) is 0 Å². The summed E-state index contributed by atoms with van der Waals surface area (Å²) in [5, 5.41) is 9.76. The third-order valence-electron chi connectivity index (χ3n) is 2.83. The molecule has 0 radical (unpaired) electrons. The Bertz CT molecular complexity index is 389. The topological polar surface area (TPSA) is 72.8 Å². The molecular formula is C13H20O5. The van der Waals surface area contributed by atoms with Gasteiger partial charge in [0, 0.05) is 0 Å². The van der Waals surface area contributed by atoms with Gasteiger partial charge < -0.3 is 14.6 Å². The Morgan fingerprint density at radius 1 is 1.33 bits per heavy atom. The first kappa shape index (κ1) is 14.7. The van der Waals surface area contributed by atoms with E-state index in [0.29, 0.717) is 5.57 Å². The number of rotatable bonds is 2. The standard InChI is InChI=1S/C13H20O5/c1-7-9(14)6-8(10(7)12(16)17-5)11(15)18-13(2,3)4/h8-9,14H,6H2,1-5H3. The van der Waals surface area contributed by atoms with Crippen LogP contribution in [0.15, 0.2) is 11.1 Å². The van der Waals surface area contributed by atoms with Crippen LogP contribution in [0, 0.1) is 5.92 Å². The number of methoxy groups -OCH3 is 1. The Morgan fingerprint density at radius 3 is 2.33 bits per heavy atom. The highest BCUT2D eigenvalue weighted by molar-refractivity contribution is 5.97. The summed E-state index contributed by atoms with van der Waals surface area (Å²) in [4.78, 5) is 23.7. The SMILES string of the molecule is COC(=O)C1=C(C)C(O)CC1C(=O)OC(C)(C)C. The van der Waals surface area contributed by atoms with Gasteiger partial charge in [-0.05, 0) is 39.7 Å². The number of hydrogen-bond acceptors (Lipinski definition) is 5. The van der Waals surface area contributed by atoms with E-state index in [1.54, 1.807) is 27.7 Å². The minimum absolute atomic E-state index is 0.172. The molecule has 102 valence electrons. The Morgan fingerprint density at radius 2 is 1.89 bits per heavy atom. The fourth-order valence-electron chi connectivity index (χ4n) is 1.97. The number of esters is 2. The van der Waals surface area contributed by atoms with Gasteiger partial charge in [0.15, 0.2) is 0 Å². The average molecular weight is 256 g/mol. The van der Waals surface area contributed by atoms with Crippen LogP contribution in [0.3, 0.4) is 0 Å². The third-order valence-corrected chi connectivity index (χ3v) is 2.83. The highest BCUT2D eigenvalue weighted by atomic mass is 16.6. The zero-order chi connectivity index (χ0) is 14.1. The summed E-state index contributed by atoms with van der Waals surface area (Å²) in [6.07, 6.45) is -0.623. The van der Waals surface area contributed by atoms with E-state index in [0.717, 1.165) is 0 Å². The highest BCUT2D eigenvalue weighted by Gasteiger charge is 2.41. The molecule has 5 heteroatoms. The van der Waals surface area contributed by atoms with Gasteiger partial charge in [0.2, 0.25) is 0 Å². The quantitative estimate of drug-likeness (QED) is 0.751. The number of carbonyl (C=O) groups is 2. The van der Waals surface area contributed by atoms with Crippen molar-refractivity contribution in [2.24, 2.45) is 5.92 Å². The van der Waals surface area contributed by atoms with Gasteiger partial charge in [0.1, 0.15) is 5.60 Å². The number of aliphatic hydroxyl groups excluding tert-OH is 1. The lowest BCUT2D eigenvalue weighted by molar-refractivity contribution is -0.160. The Balaban J connectivity index is 2.96. The predicted octanol–water partition coefficient (Wildman–Crippen LogP) is 1.20. The summed E-state index contributed by atoms with van der Waals surface area (Å²) in [5.74, 6) is -1.83. The molecule has 0 aromatic rings. The minimum atomic E-state index is -0.795. The number of carbonyl (C=O) groups excluding carboxylic acids is 2. The Labute approximate surface area is 107 Å². The van der Waals surface area contributed by atoms with Crippen LogP contribution in [-0.4, -0.2) is 35.9 Å². The summed E-state index contributed by atoms with van der Waals surface area (Å²) in [6, 6.07) is 0. The molecule has 0 saturated carbocycles. The molecule has 1 aliphatic rings. The predicted molar refractivity (Wildman–Crippen MR) is 64.7 cm³/mol. The van der Waals surface area contributed by atoms with Crippen molar-refractivity contribution < 1.29 is 24.2 Å². The molecule has 0 aromatic heterocycles. The largest absolute Gasteiger partial charge is 0.466 e. The molecule has 18 heavy (non-hydrogen) atoms. The first-order valence-electron chi connectivity index (χ1n) is 5.87. The van der Waals surface area contributed by atoms with E-state index < -0.39 is 29.6 Å². The van der Waals surface area contributed by atoms with Crippen molar-refractivity contribution in [3.8, 4) is 0 Å². The van der Waals surface area contributed by atoms with Gasteiger partial charge in [-0.15, -0.1) is 0 Å². The van der Waals surface area contributed by atoms with E-state index >= 15 is 0 Å². The van der Waals surface area contributed by atoms with E-state index in [-0.39, 0.29) is 12.0 Å². The maximum absolute atomic E-state index is 12.0. The van der Waals surface area contributed by atoms with Gasteiger partial charge in [-0.25, -0.2) is 4.79 Å². The van der Waals surface area contributed by atoms with Crippen molar-refractivity contribution in [1.29, 1.82) is 0 Å². The van der Waals surface area contributed by atoms with E-state index in [2.05, 4.69) is 4.74 Å². The second-order valence-electron chi connectivity index (χ2n) is 5.43. The zero-order valence-electron chi connectivity index (χ0n) is 11.4. The van der Waals surface area contributed by atoms with Gasteiger partial charge in [-0.2, -0.15) is 0 Å². The minimum Gasteiger partial charge on any atom is -0.466 e. The van der Waals surface area contributed by atoms with Crippen LogP contribution in [0.25, 0.3) is 0 Å². The zero-order valence-corrected chi connectivity index (χ0v) is 11.4. The fraction of sp³-hybridized carbons (Fsp3) is 0.692. The van der Waals surface area contributed by atoms with Gasteiger partial charge in [-0.3, -0.25) is 4.79 Å². The van der Waals surface area contributed by atoms with Crippen molar-refractivity contribution in [3.05, 3.63) is 11.1 Å². The fourth-order valence-corrected chi connectivity index (χ4v) is 1.97. The second-order valence-corrected chi connectivity index (χ2v) is 5.43. The number of aliphatic hydroxyl groups is 1. The first-order chi connectivity index (χ1) is 8.17. The summed E-state index contributed by atoms with van der Waals surface area (Å²) in [5.41, 5.74) is 0.0803. The van der Waals surface area contributed by atoms with Gasteiger partial charge in [0.05, 0.1) is 24.7 Å². The van der Waals surface area contributed by atoms with Crippen molar-refractivity contribution in [3.63, 3.8) is 0 Å². The molecule has 0 fully saturated rings. The summed E-state index contributed by atoms with van der Waals surface area (Å²) >= 11 is 0. The normalized spacial score (nSPS) is 24.1. The van der Waals surface area contributed by atoms with Crippen LogP contribution in [0.5, 0.6) is 0 Å². The summed E-state index contributed by atoms with van der Waals surface area (Å²) < 4.78 is 9.90. The maximum Gasteiger partial charge on any atom is 0.334 e. The van der Waals surface area contributed by atoms with Crippen molar-refractivity contribution in [1.82, 2.24) is 0 Å². The van der Waals surface area contributed by atoms with Crippen molar-refractivity contribution >= 4 is 11.9 Å². The second kappa shape index (κ2) is 5.10. The molecule has 2 atom stereocenters. The highest BCUT2D eigenvalue weighted by Crippen LogP contribution is 2.34. The molecule has 1 rings (SSSR count). The van der Waals surface area contributed by atoms with Crippen LogP contribution >= 0.6 is 0 Å². The van der Waals surface area contributed by atoms with E-state index in [1.165, 1.54) is 7.11 Å². The molecule has 0 heterocycles. The molecule has 0 amide bonds. The van der Waals surface area contributed by atoms with Crippen LogP contribution in [0.1, 0.15) is 34.1 Å². The third kappa shape index (κ3) is 3.10. The summed E-state index contributed by atoms with van der Waals surface area (Å²) in [6.45, 7) is 6.89. The summed E-state index contributed by atoms with van der Waals surface area (Å²) in [7, 11) is 1.25. The van der Waals surface area contributed by atoms with E-state index in [9.17, 15) is 14.7 Å². The molecule has 0 aliphatic heterocycles. The molecule has 5 nitrogen and oxygen atoms in total. The lowest BCUT2D eigenvalue weighted by Crippen LogP contribution is -2.30. The van der Waals surface area contributed by atoms with E-state index in [1.807, 2.05) is 0 Å². The average Bonchev–Trinajstić information content (AvgIpc) is 2.52. The van der Waals surface area contributed by atoms with Crippen LogP contribution in [-0.2, 0) is 19.1 Å². The van der Waals surface area contributed by atoms with Gasteiger partial charge in [0.25, 0.3) is 0 Å². The van der Waals surface area contributed by atoms with Crippen molar-refractivity contribution in [2.75, 3.05) is 7.11 Å². The van der Waals surface area contributed by atoms with Crippen LogP contribution < -0.4 is 0 Å². The molecule has 1 N–H and O–H groups in total. The molecule has 0 spiro atoms. The molecule has 0 bridgehead atoms. The van der Waals surface area contributed by atoms with Gasteiger partial charge >= 0.3 is 11.9 Å². The Kier molecular flexibility index (Phi) is 4.16. The lowest BCUT2D eigenvalue weighted by Gasteiger charge is -2.22. The molecular weight excluding hydrogens is 236 g/mol. The van der Waals surface area contributed by atoms with Crippen molar-refractivity contribution in [2.45, 2.75) is 45.8 Å². The molecule has 0 aromatic carbocycles. The Hall–Kier alpha value is -1.36. The number of hydrogen-bond donors (Lipinski definition) is 1. The van der Waals surface area contributed by atoms with Crippen LogP contribution in [0.4, 0.5) is 0 Å². The molecule has 0 saturated heterocycles. The van der Waals surface area contributed by atoms with Gasteiger partial charge in [-0.1, -0.05) is 0 Å². The number of ether oxygens (including phenoxy) is 2. The first-order valence-corrected chi connectivity index (χ1v) is 5.87. The lowest BCUT2D eigenvalue weighted by atomic mass is 10.0. The van der Waals surface area contributed by atoms with E-state index in [4.69, 9.17) is 4.74 Å². The molecule has 2 unspecified atom stereocenters. The molecule has 1 aliphatic carbocycles. The monoisotopic (exact) mass is 256 g/mol. The maximum atomic E-state index is 12.0.